The molecule has 6 heteroatoms. The Labute approximate surface area is 161 Å². The van der Waals surface area contributed by atoms with E-state index in [0.29, 0.717) is 11.3 Å². The highest BCUT2D eigenvalue weighted by Gasteiger charge is 2.52. The average molecular weight is 367 g/mol. The van der Waals surface area contributed by atoms with E-state index in [1.807, 2.05) is 52.8 Å². The first kappa shape index (κ1) is 19.5. The third-order valence-electron chi connectivity index (χ3n) is 5.48. The Morgan fingerprint density at radius 3 is 2.15 bits per heavy atom. The second-order valence-electron chi connectivity index (χ2n) is 7.79. The molecule has 1 aliphatic rings. The minimum absolute atomic E-state index is 0.174. The molecule has 1 saturated heterocycles. The standard InChI is InChI=1S/C21H26BNO4/c1-14-17(22-26-20(2,3)21(4,5)27-22)8-7-9-18(14)23-19(24)15-10-12-16(25-6)13-11-15/h7-13H,1-6H3,(H,23,24). The minimum atomic E-state index is -0.465. The van der Waals surface area contributed by atoms with Gasteiger partial charge >= 0.3 is 7.12 Å². The van der Waals surface area contributed by atoms with Crippen molar-refractivity contribution >= 4 is 24.2 Å². The fraction of sp³-hybridized carbons (Fsp3) is 0.381. The van der Waals surface area contributed by atoms with Crippen LogP contribution in [0.1, 0.15) is 43.6 Å². The van der Waals surface area contributed by atoms with Crippen molar-refractivity contribution in [1.82, 2.24) is 0 Å². The highest BCUT2D eigenvalue weighted by atomic mass is 16.7. The van der Waals surface area contributed by atoms with Crippen molar-refractivity contribution in [3.05, 3.63) is 53.6 Å². The van der Waals surface area contributed by atoms with Gasteiger partial charge in [-0.05, 0) is 76.0 Å². The van der Waals surface area contributed by atoms with Crippen molar-refractivity contribution < 1.29 is 18.8 Å². The number of methoxy groups -OCH3 is 1. The number of nitrogens with one attached hydrogen (secondary N) is 1. The van der Waals surface area contributed by atoms with Crippen LogP contribution in [0.3, 0.4) is 0 Å². The number of ether oxygens (including phenoxy) is 1. The van der Waals surface area contributed by atoms with E-state index in [0.717, 1.165) is 16.7 Å². The molecule has 2 aromatic rings. The van der Waals surface area contributed by atoms with Crippen molar-refractivity contribution in [3.8, 4) is 5.75 Å². The Balaban J connectivity index is 1.82. The molecular formula is C21H26BNO4. The molecule has 3 rings (SSSR count). The van der Waals surface area contributed by atoms with Gasteiger partial charge in [-0.3, -0.25) is 4.79 Å². The fourth-order valence-corrected chi connectivity index (χ4v) is 2.95. The first-order chi connectivity index (χ1) is 12.6. The lowest BCUT2D eigenvalue weighted by molar-refractivity contribution is 0.00578. The molecule has 0 atom stereocenters. The summed E-state index contributed by atoms with van der Waals surface area (Å²) in [7, 11) is 1.13. The summed E-state index contributed by atoms with van der Waals surface area (Å²) in [6, 6.07) is 12.8. The van der Waals surface area contributed by atoms with E-state index >= 15 is 0 Å². The van der Waals surface area contributed by atoms with Crippen LogP contribution in [-0.2, 0) is 9.31 Å². The second kappa shape index (κ2) is 7.02. The Kier molecular flexibility index (Phi) is 5.06. The summed E-state index contributed by atoms with van der Waals surface area (Å²) in [5, 5.41) is 2.98. The highest BCUT2D eigenvalue weighted by molar-refractivity contribution is 6.62. The first-order valence-electron chi connectivity index (χ1n) is 9.05. The van der Waals surface area contributed by atoms with Crippen LogP contribution in [0.5, 0.6) is 5.75 Å². The lowest BCUT2D eigenvalue weighted by Gasteiger charge is -2.32. The number of benzene rings is 2. The van der Waals surface area contributed by atoms with Gasteiger partial charge in [-0.1, -0.05) is 12.1 Å². The molecule has 1 amide bonds. The molecule has 1 aliphatic heterocycles. The van der Waals surface area contributed by atoms with E-state index in [9.17, 15) is 4.79 Å². The van der Waals surface area contributed by atoms with Crippen LogP contribution in [0.15, 0.2) is 42.5 Å². The second-order valence-corrected chi connectivity index (χ2v) is 7.79. The Morgan fingerprint density at radius 1 is 1.00 bits per heavy atom. The molecule has 1 fully saturated rings. The lowest BCUT2D eigenvalue weighted by Crippen LogP contribution is -2.41. The van der Waals surface area contributed by atoms with Crippen molar-refractivity contribution in [3.63, 3.8) is 0 Å². The molecule has 0 spiro atoms. The Morgan fingerprint density at radius 2 is 1.59 bits per heavy atom. The smallest absolute Gasteiger partial charge is 0.495 e. The van der Waals surface area contributed by atoms with Crippen LogP contribution in [-0.4, -0.2) is 31.3 Å². The molecule has 0 radical (unpaired) electrons. The van der Waals surface area contributed by atoms with Crippen molar-refractivity contribution in [2.24, 2.45) is 0 Å². The summed E-state index contributed by atoms with van der Waals surface area (Å²) in [4.78, 5) is 12.6. The van der Waals surface area contributed by atoms with Gasteiger partial charge in [-0.25, -0.2) is 0 Å². The molecule has 1 heterocycles. The van der Waals surface area contributed by atoms with E-state index in [2.05, 4.69) is 5.32 Å². The van der Waals surface area contributed by atoms with E-state index in [1.54, 1.807) is 31.4 Å². The summed E-state index contributed by atoms with van der Waals surface area (Å²) in [6.07, 6.45) is 0. The molecule has 0 unspecified atom stereocenters. The largest absolute Gasteiger partial charge is 0.497 e. The zero-order chi connectivity index (χ0) is 19.8. The van der Waals surface area contributed by atoms with Gasteiger partial charge in [0.2, 0.25) is 0 Å². The normalized spacial score (nSPS) is 17.6. The maximum Gasteiger partial charge on any atom is 0.495 e. The van der Waals surface area contributed by atoms with Crippen molar-refractivity contribution in [2.75, 3.05) is 12.4 Å². The van der Waals surface area contributed by atoms with Gasteiger partial charge in [-0.2, -0.15) is 0 Å². The Bertz CT molecular complexity index is 830. The van der Waals surface area contributed by atoms with Crippen molar-refractivity contribution in [2.45, 2.75) is 45.8 Å². The van der Waals surface area contributed by atoms with E-state index < -0.39 is 18.3 Å². The number of hydrogen-bond donors (Lipinski definition) is 1. The molecule has 1 N–H and O–H groups in total. The quantitative estimate of drug-likeness (QED) is 0.840. The molecule has 142 valence electrons. The molecule has 0 aliphatic carbocycles. The third kappa shape index (κ3) is 3.73. The number of rotatable bonds is 4. The number of carbonyl (C=O) groups is 1. The molecule has 2 aromatic carbocycles. The highest BCUT2D eigenvalue weighted by Crippen LogP contribution is 2.37. The van der Waals surface area contributed by atoms with Crippen LogP contribution >= 0.6 is 0 Å². The summed E-state index contributed by atoms with van der Waals surface area (Å²) >= 11 is 0. The minimum Gasteiger partial charge on any atom is -0.497 e. The predicted molar refractivity (Wildman–Crippen MR) is 108 cm³/mol. The van der Waals surface area contributed by atoms with Crippen LogP contribution in [0.25, 0.3) is 0 Å². The van der Waals surface area contributed by atoms with Gasteiger partial charge in [0.25, 0.3) is 5.91 Å². The number of amides is 1. The molecule has 5 nitrogen and oxygen atoms in total. The maximum atomic E-state index is 12.6. The predicted octanol–water partition coefficient (Wildman–Crippen LogP) is 3.56. The van der Waals surface area contributed by atoms with E-state index in [4.69, 9.17) is 14.0 Å². The average Bonchev–Trinajstić information content (AvgIpc) is 2.84. The third-order valence-corrected chi connectivity index (χ3v) is 5.48. The number of carbonyl (C=O) groups excluding carboxylic acids is 1. The van der Waals surface area contributed by atoms with E-state index in [1.165, 1.54) is 0 Å². The fourth-order valence-electron chi connectivity index (χ4n) is 2.95. The number of anilines is 1. The van der Waals surface area contributed by atoms with Gasteiger partial charge < -0.3 is 19.4 Å². The van der Waals surface area contributed by atoms with Gasteiger partial charge in [0.05, 0.1) is 18.3 Å². The summed E-state index contributed by atoms with van der Waals surface area (Å²) in [6.45, 7) is 10.1. The monoisotopic (exact) mass is 367 g/mol. The summed E-state index contributed by atoms with van der Waals surface area (Å²) < 4.78 is 17.4. The van der Waals surface area contributed by atoms with Crippen LogP contribution < -0.4 is 15.5 Å². The maximum absolute atomic E-state index is 12.6. The van der Waals surface area contributed by atoms with Gasteiger partial charge in [0, 0.05) is 11.3 Å². The first-order valence-corrected chi connectivity index (χ1v) is 9.05. The molecule has 0 bridgehead atoms. The van der Waals surface area contributed by atoms with Gasteiger partial charge in [0.15, 0.2) is 0 Å². The molecule has 27 heavy (non-hydrogen) atoms. The molecular weight excluding hydrogens is 341 g/mol. The van der Waals surface area contributed by atoms with Crippen LogP contribution in [0.2, 0.25) is 0 Å². The summed E-state index contributed by atoms with van der Waals surface area (Å²) in [5.41, 5.74) is 2.33. The van der Waals surface area contributed by atoms with Gasteiger partial charge in [-0.15, -0.1) is 0 Å². The molecule has 0 saturated carbocycles. The van der Waals surface area contributed by atoms with Crippen LogP contribution in [0.4, 0.5) is 5.69 Å². The van der Waals surface area contributed by atoms with Crippen molar-refractivity contribution in [1.29, 1.82) is 0 Å². The zero-order valence-electron chi connectivity index (χ0n) is 16.8. The lowest BCUT2D eigenvalue weighted by atomic mass is 9.76. The van der Waals surface area contributed by atoms with Crippen LogP contribution in [0, 0.1) is 6.92 Å². The summed E-state index contributed by atoms with van der Waals surface area (Å²) in [5.74, 6) is 0.539. The zero-order valence-corrected chi connectivity index (χ0v) is 16.8. The Hall–Kier alpha value is -2.31. The van der Waals surface area contributed by atoms with E-state index in [-0.39, 0.29) is 5.91 Å². The topological polar surface area (TPSA) is 56.8 Å². The molecule has 0 aromatic heterocycles. The van der Waals surface area contributed by atoms with Gasteiger partial charge in [0.1, 0.15) is 5.75 Å². The number of hydrogen-bond acceptors (Lipinski definition) is 4. The SMILES string of the molecule is COc1ccc(C(=O)Nc2cccc(B3OC(C)(C)C(C)(C)O3)c2C)cc1.